The Morgan fingerprint density at radius 2 is 0.285 bits per heavy atom. The van der Waals surface area contributed by atoms with Gasteiger partial charge in [-0.05, 0) is 196 Å². The van der Waals surface area contributed by atoms with E-state index >= 15 is 0 Å². The summed E-state index contributed by atoms with van der Waals surface area (Å²) in [7, 11) is 0. The summed E-state index contributed by atoms with van der Waals surface area (Å²) >= 11 is 0. The molecule has 0 saturated carbocycles. The van der Waals surface area contributed by atoms with Crippen LogP contribution in [0, 0.1) is 0 Å². The van der Waals surface area contributed by atoms with Crippen LogP contribution in [0.5, 0.6) is 69.0 Å². The smallest absolute Gasteiger partial charge is 0.203 e. The minimum Gasteiger partial charge on any atom is -0.490 e. The lowest BCUT2D eigenvalue weighted by Crippen LogP contribution is -2.07. The lowest BCUT2D eigenvalue weighted by molar-refractivity contribution is 0.234. The van der Waals surface area contributed by atoms with Crippen molar-refractivity contribution in [3.8, 4) is 114 Å². The molecule has 8 bridgehead atoms. The van der Waals surface area contributed by atoms with E-state index in [-0.39, 0.29) is 0 Å². The Kier molecular flexibility index (Phi) is 61.0. The molecule has 0 spiro atoms. The molecule has 802 valence electrons. The van der Waals surface area contributed by atoms with E-state index in [9.17, 15) is 0 Å². The number of ether oxygens (including phenoxy) is 12. The van der Waals surface area contributed by atoms with Crippen LogP contribution in [0.15, 0.2) is 72.8 Å². The van der Waals surface area contributed by atoms with Gasteiger partial charge in [-0.2, -0.15) is 0 Å². The van der Waals surface area contributed by atoms with Crippen molar-refractivity contribution in [2.75, 3.05) is 79.3 Å². The summed E-state index contributed by atoms with van der Waals surface area (Å²) in [5.74, 6) is 7.91. The van der Waals surface area contributed by atoms with Gasteiger partial charge in [0.1, 0.15) is 0 Å². The van der Waals surface area contributed by atoms with Crippen molar-refractivity contribution in [2.24, 2.45) is 0 Å². The van der Waals surface area contributed by atoms with Gasteiger partial charge in [-0.15, -0.1) is 0 Å². The summed E-state index contributed by atoms with van der Waals surface area (Å²) in [6.45, 7) is 33.7. The fraction of sp³-hybridized carbons (Fsp3) is 0.656. The fourth-order valence-corrected chi connectivity index (χ4v) is 19.4. The van der Waals surface area contributed by atoms with Crippen molar-refractivity contribution in [1.29, 1.82) is 0 Å². The lowest BCUT2D eigenvalue weighted by atomic mass is 10.0. The molecule has 3 aromatic heterocycles. The molecule has 4 aromatic carbocycles. The average molecular weight is 1990 g/mol. The van der Waals surface area contributed by atoms with Gasteiger partial charge >= 0.3 is 0 Å². The number of nitrogens with zero attached hydrogens (tertiary/aromatic N) is 2. The van der Waals surface area contributed by atoms with Crippen LogP contribution in [0.25, 0.3) is 90.9 Å². The monoisotopic (exact) mass is 1980 g/mol. The molecule has 2 aliphatic heterocycles. The van der Waals surface area contributed by atoms with Crippen molar-refractivity contribution < 1.29 is 56.8 Å². The number of aromatic amines is 2. The molecule has 0 unspecified atom stereocenters. The Bertz CT molecular complexity index is 4130. The molecule has 9 rings (SSSR count). The second-order valence-electron chi connectivity index (χ2n) is 40.9. The standard InChI is InChI=1S/C128H198N4O12/c1-13-25-37-49-61-81-133-113-93-101(94-114(134-82-62-50-38-26-14-2)125(113)141-89-69-57-45-33-21-9)121-105-73-75-107(129-105)122(102-95-115(135-83-63-51-39-27-15-3)126(142-90-70-58-46-34-22-10)116(96-102)136-84-64-52-40-28-16-4)109-77-79-111(131-109)124(104-99-119(139-87-67-55-43-31-19-7)128(144-92-72-60-48-36-24-12)120(100-104)140-88-68-56-44-32-20-8)112-80-78-110(132-112)123(108-76-74-106(121)130-108)103-97-117(137-85-65-53-41-29-17-5)127(143-91-71-59-47-35-23-11)118(98-103)138-86-66-54-42-30-18-6/h73-80,93-100,129,132H,13-72,81-92H2,1-12H3. The van der Waals surface area contributed by atoms with Crippen LogP contribution in [-0.2, 0) is 0 Å². The summed E-state index contributed by atoms with van der Waals surface area (Å²) < 4.78 is 86.6. The zero-order valence-electron chi connectivity index (χ0n) is 92.9. The first-order valence-corrected chi connectivity index (χ1v) is 59.6. The third kappa shape index (κ3) is 42.0. The first-order chi connectivity index (χ1) is 71.1. The summed E-state index contributed by atoms with van der Waals surface area (Å²) in [5, 5.41) is 0. The van der Waals surface area contributed by atoms with Crippen LogP contribution in [0.2, 0.25) is 0 Å². The summed E-state index contributed by atoms with van der Waals surface area (Å²) in [6, 6.07) is 26.7. The summed E-state index contributed by atoms with van der Waals surface area (Å²) in [4.78, 5) is 20.8. The predicted octanol–water partition coefficient (Wildman–Crippen LogP) is 39.5. The van der Waals surface area contributed by atoms with Crippen molar-refractivity contribution in [1.82, 2.24) is 19.9 Å². The van der Waals surface area contributed by atoms with Crippen molar-refractivity contribution in [2.45, 2.75) is 468 Å². The maximum Gasteiger partial charge on any atom is 0.203 e. The fourth-order valence-electron chi connectivity index (χ4n) is 19.4. The van der Waals surface area contributed by atoms with E-state index in [4.69, 9.17) is 66.8 Å². The molecule has 2 N–H and O–H groups in total. The van der Waals surface area contributed by atoms with Gasteiger partial charge in [0.05, 0.1) is 102 Å². The largest absolute Gasteiger partial charge is 0.490 e. The molecule has 2 aliphatic rings. The van der Waals surface area contributed by atoms with E-state index in [0.29, 0.717) is 148 Å². The second-order valence-corrected chi connectivity index (χ2v) is 40.9. The Balaban J connectivity index is 1.51. The summed E-state index contributed by atoms with van der Waals surface area (Å²) in [5.41, 5.74) is 13.2. The van der Waals surface area contributed by atoms with E-state index in [2.05, 4.69) is 190 Å². The zero-order valence-corrected chi connectivity index (χ0v) is 92.9. The molecule has 0 atom stereocenters. The minimum absolute atomic E-state index is 0.525. The van der Waals surface area contributed by atoms with Crippen LogP contribution < -0.4 is 56.8 Å². The summed E-state index contributed by atoms with van der Waals surface area (Å²) in [6.07, 6.45) is 74.8. The highest BCUT2D eigenvalue weighted by atomic mass is 16.6. The number of unbranched alkanes of at least 4 members (excludes halogenated alkanes) is 48. The zero-order chi connectivity index (χ0) is 102. The molecule has 0 aliphatic carbocycles. The normalized spacial score (nSPS) is 11.8. The number of nitrogens with one attached hydrogen (secondary N) is 2. The van der Waals surface area contributed by atoms with Crippen molar-refractivity contribution >= 4 is 46.4 Å². The maximum absolute atomic E-state index is 7.26. The van der Waals surface area contributed by atoms with Crippen LogP contribution in [-0.4, -0.2) is 99.2 Å². The van der Waals surface area contributed by atoms with Gasteiger partial charge in [0.25, 0.3) is 0 Å². The molecule has 7 aromatic rings. The van der Waals surface area contributed by atoms with Gasteiger partial charge in [0.2, 0.25) is 23.0 Å². The van der Waals surface area contributed by atoms with Gasteiger partial charge in [-0.25, -0.2) is 9.97 Å². The van der Waals surface area contributed by atoms with E-state index in [0.717, 1.165) is 372 Å². The predicted molar refractivity (Wildman–Crippen MR) is 612 cm³/mol. The first-order valence-electron chi connectivity index (χ1n) is 59.6. The number of aromatic nitrogens is 4. The van der Waals surface area contributed by atoms with Crippen molar-refractivity contribution in [3.05, 3.63) is 95.6 Å². The highest BCUT2D eigenvalue weighted by molar-refractivity contribution is 6.01. The topological polar surface area (TPSA) is 168 Å². The molecule has 0 radical (unpaired) electrons. The average Bonchev–Trinajstić information content (AvgIpc) is 1.60. The minimum atomic E-state index is 0.525. The van der Waals surface area contributed by atoms with Gasteiger partial charge in [-0.1, -0.05) is 391 Å². The molecule has 0 fully saturated rings. The Morgan fingerprint density at radius 3 is 0.417 bits per heavy atom. The number of hydrogen-bond acceptors (Lipinski definition) is 14. The van der Waals surface area contributed by atoms with Gasteiger partial charge < -0.3 is 66.8 Å². The van der Waals surface area contributed by atoms with E-state index in [1.54, 1.807) is 0 Å². The highest BCUT2D eigenvalue weighted by Gasteiger charge is 2.29. The quantitative estimate of drug-likeness (QED) is 0.0345. The first kappa shape index (κ1) is 119. The van der Waals surface area contributed by atoms with Crippen LogP contribution in [0.4, 0.5) is 0 Å². The maximum atomic E-state index is 7.26. The molecule has 5 heterocycles. The number of fused-ring (bicyclic) bond motifs is 8. The Hall–Kier alpha value is -8.92. The molecular formula is C128H198N4O12. The molecule has 0 saturated heterocycles. The van der Waals surface area contributed by atoms with Gasteiger partial charge in [0, 0.05) is 44.3 Å². The highest BCUT2D eigenvalue weighted by Crippen LogP contribution is 2.51. The molecule has 0 amide bonds. The Morgan fingerprint density at radius 1 is 0.160 bits per heavy atom. The molecular weight excluding hydrogens is 1790 g/mol. The van der Waals surface area contributed by atoms with Crippen molar-refractivity contribution in [3.63, 3.8) is 0 Å². The Labute approximate surface area is 874 Å². The van der Waals surface area contributed by atoms with Gasteiger partial charge in [0.15, 0.2) is 46.0 Å². The third-order valence-corrected chi connectivity index (χ3v) is 28.0. The van der Waals surface area contributed by atoms with Crippen LogP contribution in [0.1, 0.15) is 491 Å². The third-order valence-electron chi connectivity index (χ3n) is 28.0. The van der Waals surface area contributed by atoms with E-state index in [1.165, 1.54) is 103 Å². The number of hydrogen-bond donors (Lipinski definition) is 2. The van der Waals surface area contributed by atoms with E-state index in [1.807, 2.05) is 0 Å². The molecule has 16 heteroatoms. The second kappa shape index (κ2) is 74.0. The molecule has 16 nitrogen and oxygen atoms in total. The lowest BCUT2D eigenvalue weighted by Gasteiger charge is -2.20. The molecule has 144 heavy (non-hydrogen) atoms. The van der Waals surface area contributed by atoms with Crippen LogP contribution in [0.3, 0.4) is 0 Å². The van der Waals surface area contributed by atoms with Gasteiger partial charge in [-0.3, -0.25) is 0 Å². The van der Waals surface area contributed by atoms with E-state index < -0.39 is 0 Å². The number of H-pyrrole nitrogens is 2. The number of benzene rings is 4. The SMILES string of the molecule is CCCCCCCOc1cc(-c2c3nc(c(-c4cc(OCCCCCCC)c(OCCCCCCC)c(OCCCCCCC)c4)c4ccc([nH]4)c(-c4cc(OCCCCCCC)c(OCCCCCCC)c(OCCCCCCC)c4)c4nc(c(-c5cc(OCCCCCCC)c(OCCCCCCC)c(OCCCCCCC)c5)c5ccc2[nH]5)C=C4)C=C3)cc(OCCCCCCC)c1OCCCCCCC. The number of rotatable bonds is 88. The van der Waals surface area contributed by atoms with Crippen LogP contribution >= 0.6 is 0 Å².